The van der Waals surface area contributed by atoms with Crippen molar-refractivity contribution in [3.05, 3.63) is 51.0 Å². The number of rotatable bonds is 8. The van der Waals surface area contributed by atoms with Crippen molar-refractivity contribution in [3.8, 4) is 0 Å². The Morgan fingerprint density at radius 3 is 2.64 bits per heavy atom. The third-order valence-electron chi connectivity index (χ3n) is 5.02. The highest BCUT2D eigenvalue weighted by atomic mass is 32.1. The Morgan fingerprint density at radius 1 is 1.18 bits per heavy atom. The SMILES string of the molecule is CC(=O)OCc1csc(CC(=O)Cc2ccc(C)cc2C(=O)C2CCCC2)n1. The monoisotopic (exact) mass is 399 g/mol. The van der Waals surface area contributed by atoms with E-state index in [-0.39, 0.29) is 42.9 Å². The molecule has 1 aliphatic carbocycles. The fraction of sp³-hybridized carbons (Fsp3) is 0.455. The van der Waals surface area contributed by atoms with Gasteiger partial charge in [0, 0.05) is 30.2 Å². The predicted octanol–water partition coefficient (Wildman–Crippen LogP) is 4.24. The average molecular weight is 400 g/mol. The van der Waals surface area contributed by atoms with Gasteiger partial charge in [0.05, 0.1) is 12.1 Å². The van der Waals surface area contributed by atoms with Crippen LogP contribution in [0, 0.1) is 12.8 Å². The molecule has 0 unspecified atom stereocenters. The number of benzene rings is 1. The average Bonchev–Trinajstić information content (AvgIpc) is 3.33. The van der Waals surface area contributed by atoms with E-state index in [0.717, 1.165) is 36.8 Å². The summed E-state index contributed by atoms with van der Waals surface area (Å²) < 4.78 is 4.93. The molecule has 0 radical (unpaired) electrons. The summed E-state index contributed by atoms with van der Waals surface area (Å²) in [5.41, 5.74) is 3.20. The Hall–Kier alpha value is -2.34. The summed E-state index contributed by atoms with van der Waals surface area (Å²) >= 11 is 1.38. The highest BCUT2D eigenvalue weighted by Gasteiger charge is 2.26. The van der Waals surface area contributed by atoms with E-state index in [0.29, 0.717) is 16.3 Å². The number of nitrogens with zero attached hydrogens (tertiary/aromatic N) is 1. The van der Waals surface area contributed by atoms with E-state index in [9.17, 15) is 14.4 Å². The Balaban J connectivity index is 1.67. The largest absolute Gasteiger partial charge is 0.459 e. The minimum Gasteiger partial charge on any atom is -0.459 e. The van der Waals surface area contributed by atoms with Crippen LogP contribution in [0.2, 0.25) is 0 Å². The van der Waals surface area contributed by atoms with Crippen LogP contribution in [0.3, 0.4) is 0 Å². The van der Waals surface area contributed by atoms with Crippen LogP contribution in [0.25, 0.3) is 0 Å². The molecule has 28 heavy (non-hydrogen) atoms. The highest BCUT2D eigenvalue weighted by Crippen LogP contribution is 2.29. The zero-order valence-corrected chi connectivity index (χ0v) is 17.1. The number of thiazole rings is 1. The van der Waals surface area contributed by atoms with Gasteiger partial charge in [0.25, 0.3) is 0 Å². The summed E-state index contributed by atoms with van der Waals surface area (Å²) in [4.78, 5) is 40.8. The van der Waals surface area contributed by atoms with Crippen molar-refractivity contribution in [1.82, 2.24) is 4.98 Å². The molecule has 0 bridgehead atoms. The molecule has 148 valence electrons. The Morgan fingerprint density at radius 2 is 1.93 bits per heavy atom. The van der Waals surface area contributed by atoms with E-state index in [4.69, 9.17) is 4.74 Å². The van der Waals surface area contributed by atoms with Gasteiger partial charge >= 0.3 is 5.97 Å². The van der Waals surface area contributed by atoms with Gasteiger partial charge in [0.2, 0.25) is 0 Å². The third kappa shape index (κ3) is 5.35. The number of esters is 1. The molecule has 1 fully saturated rings. The van der Waals surface area contributed by atoms with Gasteiger partial charge in [-0.2, -0.15) is 0 Å². The number of hydrogen-bond donors (Lipinski definition) is 0. The van der Waals surface area contributed by atoms with Crippen molar-refractivity contribution in [2.24, 2.45) is 5.92 Å². The van der Waals surface area contributed by atoms with Crippen LogP contribution in [-0.4, -0.2) is 22.5 Å². The first-order valence-electron chi connectivity index (χ1n) is 9.64. The maximum atomic E-state index is 12.9. The lowest BCUT2D eigenvalue weighted by atomic mass is 9.90. The lowest BCUT2D eigenvalue weighted by molar-refractivity contribution is -0.142. The van der Waals surface area contributed by atoms with Gasteiger partial charge in [-0.1, -0.05) is 30.5 Å². The van der Waals surface area contributed by atoms with Crippen LogP contribution in [0.4, 0.5) is 0 Å². The molecule has 1 aliphatic rings. The summed E-state index contributed by atoms with van der Waals surface area (Å²) in [5.74, 6) is -0.0532. The number of ketones is 2. The molecule has 1 aromatic heterocycles. The van der Waals surface area contributed by atoms with Crippen molar-refractivity contribution in [1.29, 1.82) is 0 Å². The van der Waals surface area contributed by atoms with Crippen LogP contribution in [0.15, 0.2) is 23.6 Å². The second kappa shape index (κ2) is 9.24. The summed E-state index contributed by atoms with van der Waals surface area (Å²) in [7, 11) is 0. The maximum absolute atomic E-state index is 12.9. The topological polar surface area (TPSA) is 73.3 Å². The zero-order chi connectivity index (χ0) is 20.1. The van der Waals surface area contributed by atoms with Gasteiger partial charge < -0.3 is 4.74 Å². The lowest BCUT2D eigenvalue weighted by Crippen LogP contribution is -2.16. The summed E-state index contributed by atoms with van der Waals surface area (Å²) in [5, 5.41) is 2.50. The van der Waals surface area contributed by atoms with E-state index in [1.807, 2.05) is 25.1 Å². The van der Waals surface area contributed by atoms with E-state index in [1.165, 1.54) is 18.3 Å². The van der Waals surface area contributed by atoms with E-state index in [1.54, 1.807) is 5.38 Å². The molecular formula is C22H25NO4S. The molecule has 0 amide bonds. The van der Waals surface area contributed by atoms with Crippen molar-refractivity contribution in [2.45, 2.75) is 59.0 Å². The fourth-order valence-electron chi connectivity index (χ4n) is 3.60. The molecular weight excluding hydrogens is 374 g/mol. The molecule has 2 aromatic rings. The summed E-state index contributed by atoms with van der Waals surface area (Å²) in [6.07, 6.45) is 4.56. The minimum absolute atomic E-state index is 0.0257. The molecule has 0 aliphatic heterocycles. The number of aryl methyl sites for hydroxylation is 1. The van der Waals surface area contributed by atoms with Crippen LogP contribution in [0.1, 0.15) is 64.8 Å². The second-order valence-electron chi connectivity index (χ2n) is 7.41. The highest BCUT2D eigenvalue weighted by molar-refractivity contribution is 7.09. The van der Waals surface area contributed by atoms with Gasteiger partial charge in [0.1, 0.15) is 17.4 Å². The Bertz CT molecular complexity index is 880. The summed E-state index contributed by atoms with van der Waals surface area (Å²) in [6.45, 7) is 3.44. The molecule has 3 rings (SSSR count). The van der Waals surface area contributed by atoms with Crippen LogP contribution in [-0.2, 0) is 33.8 Å². The minimum atomic E-state index is -0.357. The zero-order valence-electron chi connectivity index (χ0n) is 16.3. The van der Waals surface area contributed by atoms with Crippen molar-refractivity contribution in [3.63, 3.8) is 0 Å². The van der Waals surface area contributed by atoms with Gasteiger partial charge in [-0.05, 0) is 31.4 Å². The van der Waals surface area contributed by atoms with Crippen LogP contribution >= 0.6 is 11.3 Å². The molecule has 0 saturated heterocycles. The smallest absolute Gasteiger partial charge is 0.303 e. The van der Waals surface area contributed by atoms with E-state index in [2.05, 4.69) is 4.98 Å². The number of carbonyl (C=O) groups excluding carboxylic acids is 3. The number of carbonyl (C=O) groups is 3. The van der Waals surface area contributed by atoms with Crippen LogP contribution < -0.4 is 0 Å². The normalized spacial score (nSPS) is 14.2. The lowest BCUT2D eigenvalue weighted by Gasteiger charge is -2.13. The van der Waals surface area contributed by atoms with Crippen molar-refractivity contribution < 1.29 is 19.1 Å². The van der Waals surface area contributed by atoms with Crippen LogP contribution in [0.5, 0.6) is 0 Å². The molecule has 5 nitrogen and oxygen atoms in total. The quantitative estimate of drug-likeness (QED) is 0.490. The van der Waals surface area contributed by atoms with Gasteiger partial charge in [-0.25, -0.2) is 4.98 Å². The third-order valence-corrected chi connectivity index (χ3v) is 5.91. The van der Waals surface area contributed by atoms with Crippen molar-refractivity contribution in [2.75, 3.05) is 0 Å². The number of aromatic nitrogens is 1. The number of hydrogen-bond acceptors (Lipinski definition) is 6. The van der Waals surface area contributed by atoms with Gasteiger partial charge in [0.15, 0.2) is 5.78 Å². The predicted molar refractivity (Wildman–Crippen MR) is 107 cm³/mol. The Labute approximate surface area is 169 Å². The van der Waals surface area contributed by atoms with Gasteiger partial charge in [-0.3, -0.25) is 14.4 Å². The maximum Gasteiger partial charge on any atom is 0.303 e. The number of Topliss-reactive ketones (excluding diaryl/α,β-unsaturated/α-hetero) is 2. The molecule has 0 N–H and O–H groups in total. The first-order chi connectivity index (χ1) is 13.4. The molecule has 0 atom stereocenters. The second-order valence-corrected chi connectivity index (χ2v) is 8.35. The first-order valence-corrected chi connectivity index (χ1v) is 10.5. The molecule has 1 aromatic carbocycles. The van der Waals surface area contributed by atoms with E-state index >= 15 is 0 Å². The van der Waals surface area contributed by atoms with Gasteiger partial charge in [-0.15, -0.1) is 11.3 Å². The molecule has 6 heteroatoms. The molecule has 1 heterocycles. The van der Waals surface area contributed by atoms with Crippen molar-refractivity contribution >= 4 is 28.9 Å². The summed E-state index contributed by atoms with van der Waals surface area (Å²) in [6, 6.07) is 5.78. The first kappa shape index (κ1) is 20.4. The molecule has 1 saturated carbocycles. The number of ether oxygens (including phenoxy) is 1. The Kier molecular flexibility index (Phi) is 6.73. The fourth-order valence-corrected chi connectivity index (χ4v) is 4.40. The van der Waals surface area contributed by atoms with E-state index < -0.39 is 0 Å². The standard InChI is InChI=1S/C22H25NO4S/c1-14-7-8-17(20(9-14)22(26)16-5-3-4-6-16)10-19(25)11-21-23-18(13-28-21)12-27-15(2)24/h7-9,13,16H,3-6,10-12H2,1-2H3. The molecule has 0 spiro atoms.